The van der Waals surface area contributed by atoms with Gasteiger partial charge in [0, 0.05) is 30.2 Å². The molecule has 2 aliphatic rings. The van der Waals surface area contributed by atoms with Gasteiger partial charge in [0.25, 0.3) is 0 Å². The lowest BCUT2D eigenvalue weighted by Crippen LogP contribution is -2.68. The SMILES string of the molecule is CC1(C)CN(C2CCCCC2)C(C)(C)CN1. The van der Waals surface area contributed by atoms with Crippen LogP contribution in [0.1, 0.15) is 59.8 Å². The Hall–Kier alpha value is -0.0800. The van der Waals surface area contributed by atoms with E-state index in [1.54, 1.807) is 0 Å². The van der Waals surface area contributed by atoms with Crippen molar-refractivity contribution in [3.05, 3.63) is 0 Å². The average Bonchev–Trinajstić information content (AvgIpc) is 2.24. The summed E-state index contributed by atoms with van der Waals surface area (Å²) >= 11 is 0. The molecule has 0 bridgehead atoms. The van der Waals surface area contributed by atoms with Crippen molar-refractivity contribution in [1.29, 1.82) is 0 Å². The van der Waals surface area contributed by atoms with E-state index in [2.05, 4.69) is 37.9 Å². The second-order valence-corrected chi connectivity index (χ2v) is 6.97. The van der Waals surface area contributed by atoms with Gasteiger partial charge in [0.1, 0.15) is 0 Å². The fourth-order valence-corrected chi connectivity index (χ4v) is 3.27. The number of rotatable bonds is 1. The molecule has 1 heterocycles. The molecular formula is C14H28N2. The first-order chi connectivity index (χ1) is 7.41. The van der Waals surface area contributed by atoms with E-state index < -0.39 is 0 Å². The monoisotopic (exact) mass is 224 g/mol. The van der Waals surface area contributed by atoms with Crippen LogP contribution in [0, 0.1) is 0 Å². The van der Waals surface area contributed by atoms with Gasteiger partial charge in [-0.2, -0.15) is 0 Å². The number of hydrogen-bond donors (Lipinski definition) is 1. The molecular weight excluding hydrogens is 196 g/mol. The Morgan fingerprint density at radius 1 is 1.00 bits per heavy atom. The summed E-state index contributed by atoms with van der Waals surface area (Å²) in [5, 5.41) is 3.68. The first kappa shape index (κ1) is 12.4. The molecule has 0 spiro atoms. The molecule has 0 aromatic carbocycles. The third kappa shape index (κ3) is 2.60. The first-order valence-corrected chi connectivity index (χ1v) is 6.93. The molecule has 0 unspecified atom stereocenters. The maximum atomic E-state index is 3.68. The van der Waals surface area contributed by atoms with Gasteiger partial charge in [-0.05, 0) is 40.5 Å². The van der Waals surface area contributed by atoms with Gasteiger partial charge in [0.2, 0.25) is 0 Å². The van der Waals surface area contributed by atoms with Crippen LogP contribution in [-0.4, -0.2) is 35.1 Å². The Bertz CT molecular complexity index is 239. The molecule has 0 radical (unpaired) electrons. The van der Waals surface area contributed by atoms with Crippen LogP contribution in [0.15, 0.2) is 0 Å². The average molecular weight is 224 g/mol. The molecule has 2 fully saturated rings. The number of hydrogen-bond acceptors (Lipinski definition) is 2. The summed E-state index contributed by atoms with van der Waals surface area (Å²) < 4.78 is 0. The Kier molecular flexibility index (Phi) is 3.33. The van der Waals surface area contributed by atoms with Crippen molar-refractivity contribution in [3.8, 4) is 0 Å². The predicted octanol–water partition coefficient (Wildman–Crippen LogP) is 2.78. The van der Waals surface area contributed by atoms with Gasteiger partial charge in [0.15, 0.2) is 0 Å². The second kappa shape index (κ2) is 4.30. The molecule has 0 atom stereocenters. The van der Waals surface area contributed by atoms with Gasteiger partial charge in [-0.3, -0.25) is 4.90 Å². The van der Waals surface area contributed by atoms with Crippen molar-refractivity contribution in [2.45, 2.75) is 76.9 Å². The zero-order valence-electron chi connectivity index (χ0n) is 11.5. The summed E-state index contributed by atoms with van der Waals surface area (Å²) in [5.74, 6) is 0. The highest BCUT2D eigenvalue weighted by atomic mass is 15.3. The molecule has 1 saturated carbocycles. The highest BCUT2D eigenvalue weighted by Crippen LogP contribution is 2.32. The van der Waals surface area contributed by atoms with Crippen LogP contribution in [0.3, 0.4) is 0 Å². The largest absolute Gasteiger partial charge is 0.309 e. The fraction of sp³-hybridized carbons (Fsp3) is 1.00. The van der Waals surface area contributed by atoms with Gasteiger partial charge in [-0.1, -0.05) is 19.3 Å². The molecule has 2 nitrogen and oxygen atoms in total. The van der Waals surface area contributed by atoms with E-state index in [9.17, 15) is 0 Å². The number of nitrogens with one attached hydrogen (secondary N) is 1. The van der Waals surface area contributed by atoms with Crippen LogP contribution >= 0.6 is 0 Å². The van der Waals surface area contributed by atoms with Gasteiger partial charge in [-0.25, -0.2) is 0 Å². The van der Waals surface area contributed by atoms with E-state index in [4.69, 9.17) is 0 Å². The summed E-state index contributed by atoms with van der Waals surface area (Å²) in [5.41, 5.74) is 0.616. The van der Waals surface area contributed by atoms with Crippen LogP contribution in [-0.2, 0) is 0 Å². The molecule has 16 heavy (non-hydrogen) atoms. The summed E-state index contributed by atoms with van der Waals surface area (Å²) in [6, 6.07) is 0.838. The van der Waals surface area contributed by atoms with Gasteiger partial charge < -0.3 is 5.32 Å². The third-order valence-electron chi connectivity index (χ3n) is 4.36. The molecule has 1 aliphatic carbocycles. The zero-order chi connectivity index (χ0) is 11.8. The van der Waals surface area contributed by atoms with Crippen LogP contribution in [0.25, 0.3) is 0 Å². The summed E-state index contributed by atoms with van der Waals surface area (Å²) in [4.78, 5) is 2.78. The normalized spacial score (nSPS) is 31.5. The predicted molar refractivity (Wildman–Crippen MR) is 69.7 cm³/mol. The highest BCUT2D eigenvalue weighted by molar-refractivity contribution is 5.00. The quantitative estimate of drug-likeness (QED) is 0.737. The Labute approximate surface area is 101 Å². The second-order valence-electron chi connectivity index (χ2n) is 6.97. The minimum absolute atomic E-state index is 0.285. The number of piperazine rings is 1. The fourth-order valence-electron chi connectivity index (χ4n) is 3.27. The lowest BCUT2D eigenvalue weighted by atomic mass is 9.85. The van der Waals surface area contributed by atoms with E-state index in [1.165, 1.54) is 38.6 Å². The van der Waals surface area contributed by atoms with Crippen molar-refractivity contribution < 1.29 is 0 Å². The van der Waals surface area contributed by atoms with Crippen molar-refractivity contribution >= 4 is 0 Å². The van der Waals surface area contributed by atoms with Crippen LogP contribution in [0.2, 0.25) is 0 Å². The van der Waals surface area contributed by atoms with Crippen molar-refractivity contribution in [1.82, 2.24) is 10.2 Å². The van der Waals surface area contributed by atoms with Gasteiger partial charge >= 0.3 is 0 Å². The lowest BCUT2D eigenvalue weighted by Gasteiger charge is -2.53. The maximum absolute atomic E-state index is 3.68. The third-order valence-corrected chi connectivity index (χ3v) is 4.36. The Balaban J connectivity index is 2.08. The van der Waals surface area contributed by atoms with Crippen molar-refractivity contribution in [2.75, 3.05) is 13.1 Å². The Morgan fingerprint density at radius 3 is 2.25 bits per heavy atom. The van der Waals surface area contributed by atoms with E-state index in [-0.39, 0.29) is 5.54 Å². The van der Waals surface area contributed by atoms with E-state index >= 15 is 0 Å². The molecule has 0 aromatic rings. The molecule has 1 aliphatic heterocycles. The van der Waals surface area contributed by atoms with E-state index in [0.29, 0.717) is 5.54 Å². The van der Waals surface area contributed by atoms with Gasteiger partial charge in [-0.15, -0.1) is 0 Å². The molecule has 0 aromatic heterocycles. The highest BCUT2D eigenvalue weighted by Gasteiger charge is 2.40. The molecule has 1 N–H and O–H groups in total. The lowest BCUT2D eigenvalue weighted by molar-refractivity contribution is -0.00940. The van der Waals surface area contributed by atoms with Crippen LogP contribution < -0.4 is 5.32 Å². The van der Waals surface area contributed by atoms with E-state index in [0.717, 1.165) is 12.6 Å². The van der Waals surface area contributed by atoms with Crippen LogP contribution in [0.4, 0.5) is 0 Å². The topological polar surface area (TPSA) is 15.3 Å². The molecule has 2 rings (SSSR count). The maximum Gasteiger partial charge on any atom is 0.0281 e. The van der Waals surface area contributed by atoms with Gasteiger partial charge in [0.05, 0.1) is 0 Å². The molecule has 1 saturated heterocycles. The minimum atomic E-state index is 0.285. The Morgan fingerprint density at radius 2 is 1.62 bits per heavy atom. The summed E-state index contributed by atoms with van der Waals surface area (Å²) in [6.45, 7) is 11.8. The minimum Gasteiger partial charge on any atom is -0.309 e. The van der Waals surface area contributed by atoms with Crippen molar-refractivity contribution in [2.24, 2.45) is 0 Å². The number of nitrogens with zero attached hydrogens (tertiary/aromatic N) is 1. The van der Waals surface area contributed by atoms with E-state index in [1.807, 2.05) is 0 Å². The molecule has 0 amide bonds. The summed E-state index contributed by atoms with van der Waals surface area (Å²) in [6.07, 6.45) is 7.15. The smallest absolute Gasteiger partial charge is 0.0281 e. The first-order valence-electron chi connectivity index (χ1n) is 6.93. The zero-order valence-corrected chi connectivity index (χ0v) is 11.5. The standard InChI is InChI=1S/C14H28N2/c1-13(2)11-16(14(3,4)10-15-13)12-8-6-5-7-9-12/h12,15H,5-11H2,1-4H3. The summed E-state index contributed by atoms with van der Waals surface area (Å²) in [7, 11) is 0. The molecule has 2 heteroatoms. The van der Waals surface area contributed by atoms with Crippen molar-refractivity contribution in [3.63, 3.8) is 0 Å². The molecule has 94 valence electrons. The van der Waals surface area contributed by atoms with Crippen LogP contribution in [0.5, 0.6) is 0 Å².